The number of halogens is 1. The number of ether oxygens (including phenoxy) is 1. The number of hydrogen-bond acceptors (Lipinski definition) is 7. The Morgan fingerprint density at radius 1 is 1.28 bits per heavy atom. The first-order chi connectivity index (χ1) is 17.4. The molecule has 1 amide bonds. The van der Waals surface area contributed by atoms with Crippen LogP contribution in [0.25, 0.3) is 10.2 Å². The largest absolute Gasteiger partial charge is 0.397 e. The van der Waals surface area contributed by atoms with Crippen LogP contribution in [0.15, 0.2) is 18.2 Å². The average molecular weight is 506 g/mol. The Hall–Kier alpha value is -3.22. The molecule has 1 aliphatic carbocycles. The van der Waals surface area contributed by atoms with Crippen molar-refractivity contribution in [2.24, 2.45) is 0 Å². The van der Waals surface area contributed by atoms with E-state index in [9.17, 15) is 10.1 Å². The van der Waals surface area contributed by atoms with Crippen LogP contribution in [0.5, 0.6) is 0 Å². The normalized spacial score (nSPS) is 23.2. The third-order valence-electron chi connectivity index (χ3n) is 7.68. The number of carbonyl (C=O) groups is 1. The number of fused-ring (bicyclic) bond motifs is 4. The molecule has 2 fully saturated rings. The van der Waals surface area contributed by atoms with Crippen molar-refractivity contribution < 1.29 is 13.9 Å². The number of carbonyl (C=O) groups excluding carboxylic acids is 1. The predicted molar refractivity (Wildman–Crippen MR) is 138 cm³/mol. The number of amides is 1. The van der Waals surface area contributed by atoms with Crippen molar-refractivity contribution in [3.63, 3.8) is 0 Å². The summed E-state index contributed by atoms with van der Waals surface area (Å²) >= 11 is 1.27. The fourth-order valence-electron chi connectivity index (χ4n) is 5.91. The van der Waals surface area contributed by atoms with Crippen molar-refractivity contribution in [2.45, 2.75) is 63.7 Å². The van der Waals surface area contributed by atoms with Crippen molar-refractivity contribution in [1.29, 1.82) is 5.26 Å². The monoisotopic (exact) mass is 505 g/mol. The van der Waals surface area contributed by atoms with Crippen LogP contribution < -0.4 is 16.0 Å². The van der Waals surface area contributed by atoms with Gasteiger partial charge in [-0.3, -0.25) is 4.79 Å². The molecule has 9 heteroatoms. The molecule has 3 atom stereocenters. The van der Waals surface area contributed by atoms with Gasteiger partial charge >= 0.3 is 0 Å². The van der Waals surface area contributed by atoms with Crippen molar-refractivity contribution in [1.82, 2.24) is 10.3 Å². The number of aryl methyl sites for hydroxylation is 1. The maximum Gasteiger partial charge on any atom is 0.263 e. The number of nitrogens with one attached hydrogen (secondary N) is 1. The highest BCUT2D eigenvalue weighted by Gasteiger charge is 2.34. The Morgan fingerprint density at radius 3 is 2.81 bits per heavy atom. The summed E-state index contributed by atoms with van der Waals surface area (Å²) in [5, 5.41) is 13.9. The zero-order chi connectivity index (χ0) is 25.0. The van der Waals surface area contributed by atoms with Gasteiger partial charge in [-0.15, -0.1) is 11.3 Å². The fraction of sp³-hybridized carbons (Fsp3) is 0.444. The molecule has 2 unspecified atom stereocenters. The zero-order valence-electron chi connectivity index (χ0n) is 20.1. The molecule has 3 aromatic rings. The molecule has 7 nitrogen and oxygen atoms in total. The van der Waals surface area contributed by atoms with Gasteiger partial charge in [0.15, 0.2) is 0 Å². The van der Waals surface area contributed by atoms with Gasteiger partial charge < -0.3 is 20.7 Å². The van der Waals surface area contributed by atoms with Crippen molar-refractivity contribution in [3.8, 4) is 6.07 Å². The molecule has 36 heavy (non-hydrogen) atoms. The zero-order valence-corrected chi connectivity index (χ0v) is 21.0. The van der Waals surface area contributed by atoms with E-state index in [1.54, 1.807) is 0 Å². The summed E-state index contributed by atoms with van der Waals surface area (Å²) in [4.78, 5) is 20.9. The van der Waals surface area contributed by atoms with E-state index in [0.29, 0.717) is 59.7 Å². The lowest BCUT2D eigenvalue weighted by atomic mass is 9.84. The molecular weight excluding hydrogens is 477 g/mol. The van der Waals surface area contributed by atoms with E-state index in [2.05, 4.69) is 21.3 Å². The minimum absolute atomic E-state index is 0.142. The van der Waals surface area contributed by atoms with Crippen LogP contribution in [0.1, 0.15) is 57.7 Å². The number of rotatable bonds is 3. The Kier molecular flexibility index (Phi) is 5.81. The summed E-state index contributed by atoms with van der Waals surface area (Å²) in [6.45, 7) is 3.27. The summed E-state index contributed by atoms with van der Waals surface area (Å²) in [5.74, 6) is -0.574. The van der Waals surface area contributed by atoms with E-state index in [0.717, 1.165) is 40.7 Å². The Labute approximate surface area is 213 Å². The molecule has 4 heterocycles. The Balaban J connectivity index is 1.24. The minimum atomic E-state index is -0.310. The molecule has 0 saturated carbocycles. The summed E-state index contributed by atoms with van der Waals surface area (Å²) in [6, 6.07) is 7.40. The second kappa shape index (κ2) is 9.02. The Bertz CT molecular complexity index is 1400. The van der Waals surface area contributed by atoms with Crippen LogP contribution in [-0.2, 0) is 17.6 Å². The van der Waals surface area contributed by atoms with Crippen LogP contribution in [0, 0.1) is 24.1 Å². The number of morpholine rings is 1. The third kappa shape index (κ3) is 3.98. The maximum atomic E-state index is 15.5. The molecule has 0 spiro atoms. The van der Waals surface area contributed by atoms with Gasteiger partial charge in [0.05, 0.1) is 29.1 Å². The lowest BCUT2D eigenvalue weighted by Gasteiger charge is -2.43. The number of nitriles is 1. The van der Waals surface area contributed by atoms with Crippen LogP contribution in [0.3, 0.4) is 0 Å². The molecule has 2 aromatic heterocycles. The number of aromatic nitrogens is 1. The number of anilines is 2. The maximum absolute atomic E-state index is 15.5. The first-order valence-electron chi connectivity index (χ1n) is 12.5. The molecule has 2 saturated heterocycles. The van der Waals surface area contributed by atoms with E-state index >= 15 is 4.39 Å². The molecule has 6 rings (SSSR count). The van der Waals surface area contributed by atoms with Gasteiger partial charge in [-0.2, -0.15) is 5.26 Å². The number of nitrogens with two attached hydrogens (primary N) is 1. The average Bonchev–Trinajstić information content (AvgIpc) is 3.19. The molecular formula is C27H28FN5O2S. The van der Waals surface area contributed by atoms with Gasteiger partial charge in [0.2, 0.25) is 0 Å². The number of thiophene rings is 1. The second-order valence-corrected chi connectivity index (χ2v) is 11.1. The summed E-state index contributed by atoms with van der Waals surface area (Å²) < 4.78 is 21.5. The second-order valence-electron chi connectivity index (χ2n) is 10.1. The van der Waals surface area contributed by atoms with Gasteiger partial charge in [0.1, 0.15) is 21.6 Å². The molecule has 1 aromatic carbocycles. The van der Waals surface area contributed by atoms with Gasteiger partial charge in [0.25, 0.3) is 5.91 Å². The molecule has 3 aliphatic rings. The molecule has 186 valence electrons. The number of nitrogens with zero attached hydrogens (tertiary/aromatic N) is 3. The van der Waals surface area contributed by atoms with E-state index in [1.807, 2.05) is 19.1 Å². The van der Waals surface area contributed by atoms with Crippen LogP contribution in [-0.4, -0.2) is 42.2 Å². The molecule has 3 N–H and O–H groups in total. The van der Waals surface area contributed by atoms with Crippen LogP contribution in [0.2, 0.25) is 0 Å². The molecule has 2 aliphatic heterocycles. The third-order valence-corrected chi connectivity index (χ3v) is 8.79. The highest BCUT2D eigenvalue weighted by Crippen LogP contribution is 2.37. The van der Waals surface area contributed by atoms with Crippen LogP contribution in [0.4, 0.5) is 15.8 Å². The number of nitrogen functional groups attached to an aromatic ring is 1. The molecule has 2 bridgehead atoms. The standard InChI is InChI=1S/C27H28FN5O2S/c1-14-5-7-19-24(30)25(36-27(19)31-14)26(34)32-15-6-8-18-20(9-15)22(28)10-23(21(18)11-29)33-12-16-3-2-4-17(13-33)35-16/h5,7,10,15-17H,2-4,6,8-9,12-13,30H2,1H3,(H,32,34)/t15-,16?,17?/m1/s1. The summed E-state index contributed by atoms with van der Waals surface area (Å²) in [7, 11) is 0. The van der Waals surface area contributed by atoms with Crippen molar-refractivity contribution in [3.05, 3.63) is 51.3 Å². The SMILES string of the molecule is Cc1ccc2c(N)c(C(=O)N[C@@H]3CCc4c(C#N)c(N5CC6CCCC(C5)O6)cc(F)c4C3)sc2n1. The minimum Gasteiger partial charge on any atom is -0.397 e. The van der Waals surface area contributed by atoms with Gasteiger partial charge in [-0.1, -0.05) is 0 Å². The van der Waals surface area contributed by atoms with Crippen molar-refractivity contribution >= 4 is 38.8 Å². The smallest absolute Gasteiger partial charge is 0.263 e. The number of pyridine rings is 1. The predicted octanol–water partition coefficient (Wildman–Crippen LogP) is 4.24. The number of benzene rings is 1. The van der Waals surface area contributed by atoms with E-state index in [-0.39, 0.29) is 30.0 Å². The summed E-state index contributed by atoms with van der Waals surface area (Å²) in [5.41, 5.74) is 10.1. The lowest BCUT2D eigenvalue weighted by molar-refractivity contribution is -0.0605. The highest BCUT2D eigenvalue weighted by atomic mass is 32.1. The van der Waals surface area contributed by atoms with Crippen LogP contribution >= 0.6 is 11.3 Å². The van der Waals surface area contributed by atoms with Gasteiger partial charge in [0, 0.05) is 30.2 Å². The van der Waals surface area contributed by atoms with E-state index in [1.165, 1.54) is 17.4 Å². The van der Waals surface area contributed by atoms with E-state index in [4.69, 9.17) is 10.5 Å². The van der Waals surface area contributed by atoms with Crippen molar-refractivity contribution in [2.75, 3.05) is 23.7 Å². The Morgan fingerprint density at radius 2 is 2.06 bits per heavy atom. The first-order valence-corrected chi connectivity index (χ1v) is 13.3. The lowest BCUT2D eigenvalue weighted by Crippen LogP contribution is -2.50. The quantitative estimate of drug-likeness (QED) is 0.552. The van der Waals surface area contributed by atoms with Gasteiger partial charge in [-0.05, 0) is 74.8 Å². The summed E-state index contributed by atoms with van der Waals surface area (Å²) in [6.07, 6.45) is 4.96. The highest BCUT2D eigenvalue weighted by molar-refractivity contribution is 7.21. The van der Waals surface area contributed by atoms with Gasteiger partial charge in [-0.25, -0.2) is 9.37 Å². The molecule has 0 radical (unpaired) electrons. The first kappa shape index (κ1) is 23.2. The number of hydrogen-bond donors (Lipinski definition) is 2. The van der Waals surface area contributed by atoms with E-state index < -0.39 is 0 Å². The topological polar surface area (TPSA) is 104 Å². The fourth-order valence-corrected chi connectivity index (χ4v) is 6.95.